The fraction of sp³-hybridized carbons (Fsp3) is 0. The molecule has 0 aliphatic rings. The maximum Gasteiger partial charge on any atom is 0.227 e. The van der Waals surface area contributed by atoms with Crippen molar-refractivity contribution in [2.24, 2.45) is 0 Å². The van der Waals surface area contributed by atoms with E-state index in [1.807, 2.05) is 127 Å². The third-order valence-corrected chi connectivity index (χ3v) is 8.58. The van der Waals surface area contributed by atoms with Crippen LogP contribution < -0.4 is 0 Å². The fourth-order valence-corrected chi connectivity index (χ4v) is 6.48. The molecule has 0 spiro atoms. The zero-order valence-corrected chi connectivity index (χ0v) is 24.7. The third kappa shape index (κ3) is 4.00. The molecule has 7 heteroatoms. The first kappa shape index (κ1) is 25.7. The Morgan fingerprint density at radius 3 is 1.74 bits per heavy atom. The van der Waals surface area contributed by atoms with Gasteiger partial charge in [0.25, 0.3) is 0 Å². The highest BCUT2D eigenvalue weighted by Crippen LogP contribution is 2.43. The van der Waals surface area contributed by atoms with Gasteiger partial charge in [-0.3, -0.25) is 0 Å². The zero-order chi connectivity index (χ0) is 30.9. The maximum absolute atomic E-state index is 6.39. The Bertz CT molecular complexity index is 2800. The summed E-state index contributed by atoms with van der Waals surface area (Å²) >= 11 is 0. The summed E-state index contributed by atoms with van der Waals surface area (Å²) in [6.07, 6.45) is 0. The van der Waals surface area contributed by atoms with Gasteiger partial charge in [0.05, 0.1) is 5.56 Å². The molecule has 6 aromatic carbocycles. The van der Waals surface area contributed by atoms with Crippen molar-refractivity contribution in [2.75, 3.05) is 0 Å². The van der Waals surface area contributed by atoms with E-state index in [-0.39, 0.29) is 0 Å². The van der Waals surface area contributed by atoms with Crippen molar-refractivity contribution in [3.8, 4) is 45.6 Å². The lowest BCUT2D eigenvalue weighted by Gasteiger charge is -2.10. The van der Waals surface area contributed by atoms with Crippen LogP contribution >= 0.6 is 0 Å². The van der Waals surface area contributed by atoms with Gasteiger partial charge in [0.15, 0.2) is 23.1 Å². The number of rotatable bonds is 4. The number of oxazole rings is 1. The van der Waals surface area contributed by atoms with E-state index < -0.39 is 0 Å². The fourth-order valence-electron chi connectivity index (χ4n) is 6.48. The summed E-state index contributed by atoms with van der Waals surface area (Å²) in [6.45, 7) is 0. The van der Waals surface area contributed by atoms with E-state index in [2.05, 4.69) is 6.07 Å². The first-order chi connectivity index (χ1) is 23.3. The van der Waals surface area contributed by atoms with Crippen LogP contribution in [0.15, 0.2) is 147 Å². The highest BCUT2D eigenvalue weighted by atomic mass is 16.4. The number of nitrogens with zero attached hydrogens (tertiary/aromatic N) is 4. The SMILES string of the molecule is c1ccc(-c2nc(-c3cccc4oc5ccccc5c34)nc(-c3c4nc(-c5ccccc5)oc4cc4oc5ccccc5c34)n2)cc1. The molecule has 4 heterocycles. The minimum absolute atomic E-state index is 0.466. The van der Waals surface area contributed by atoms with E-state index >= 15 is 0 Å². The standard InChI is InChI=1S/C40H22N4O3/c1-3-12-23(13-4-1)37-42-38(27-18-11-21-30-33(27)25-16-7-9-19-28(25)45-30)44-39(43-37)35-34-26-17-8-10-20-29(26)46-31(34)22-32-36(35)41-40(47-32)24-14-5-2-6-15-24/h1-22H. The molecule has 0 N–H and O–H groups in total. The second kappa shape index (κ2) is 9.95. The van der Waals surface area contributed by atoms with Crippen molar-refractivity contribution in [1.82, 2.24) is 19.9 Å². The van der Waals surface area contributed by atoms with Crippen molar-refractivity contribution >= 4 is 55.0 Å². The Hall–Kier alpha value is -6.60. The largest absolute Gasteiger partial charge is 0.456 e. The van der Waals surface area contributed by atoms with Crippen molar-refractivity contribution in [1.29, 1.82) is 0 Å². The first-order valence-electron chi connectivity index (χ1n) is 15.3. The molecule has 10 rings (SSSR count). The van der Waals surface area contributed by atoms with Gasteiger partial charge in [-0.05, 0) is 30.3 Å². The minimum atomic E-state index is 0.466. The van der Waals surface area contributed by atoms with E-state index in [4.69, 9.17) is 33.2 Å². The van der Waals surface area contributed by atoms with Crippen LogP contribution in [0.25, 0.3) is 101 Å². The quantitative estimate of drug-likeness (QED) is 0.197. The van der Waals surface area contributed by atoms with Crippen LogP contribution in [0.2, 0.25) is 0 Å². The molecule has 0 fully saturated rings. The summed E-state index contributed by atoms with van der Waals surface area (Å²) < 4.78 is 19.0. The number of para-hydroxylation sites is 2. The Kier molecular flexibility index (Phi) is 5.44. The average Bonchev–Trinajstić information content (AvgIpc) is 3.84. The highest BCUT2D eigenvalue weighted by molar-refractivity contribution is 6.19. The minimum Gasteiger partial charge on any atom is -0.456 e. The smallest absolute Gasteiger partial charge is 0.227 e. The molecule has 0 aliphatic heterocycles. The number of hydrogen-bond donors (Lipinski definition) is 0. The predicted molar refractivity (Wildman–Crippen MR) is 184 cm³/mol. The van der Waals surface area contributed by atoms with E-state index in [1.165, 1.54) is 0 Å². The van der Waals surface area contributed by atoms with Crippen LogP contribution in [0.4, 0.5) is 0 Å². The normalized spacial score (nSPS) is 11.8. The summed E-state index contributed by atoms with van der Waals surface area (Å²) in [5.74, 6) is 2.04. The van der Waals surface area contributed by atoms with Gasteiger partial charge in [-0.1, -0.05) is 97.1 Å². The van der Waals surface area contributed by atoms with Crippen LogP contribution in [0.1, 0.15) is 0 Å². The lowest BCUT2D eigenvalue weighted by molar-refractivity contribution is 0.617. The molecule has 0 saturated carbocycles. The molecule has 0 atom stereocenters. The van der Waals surface area contributed by atoms with Gasteiger partial charge < -0.3 is 13.3 Å². The molecule has 0 aliphatic carbocycles. The predicted octanol–water partition coefficient (Wildman–Crippen LogP) is 10.5. The summed E-state index contributed by atoms with van der Waals surface area (Å²) in [7, 11) is 0. The molecule has 10 aromatic rings. The van der Waals surface area contributed by atoms with Crippen LogP contribution in [0.5, 0.6) is 0 Å². The number of fused-ring (bicyclic) bond motifs is 7. The molecule has 7 nitrogen and oxygen atoms in total. The van der Waals surface area contributed by atoms with Crippen LogP contribution in [-0.4, -0.2) is 19.9 Å². The van der Waals surface area contributed by atoms with E-state index in [9.17, 15) is 0 Å². The van der Waals surface area contributed by atoms with Crippen molar-refractivity contribution in [2.45, 2.75) is 0 Å². The number of benzene rings is 6. The van der Waals surface area contributed by atoms with Crippen LogP contribution in [0.3, 0.4) is 0 Å². The monoisotopic (exact) mass is 606 g/mol. The van der Waals surface area contributed by atoms with Gasteiger partial charge in [-0.25, -0.2) is 19.9 Å². The van der Waals surface area contributed by atoms with Crippen molar-refractivity contribution in [3.05, 3.63) is 133 Å². The molecule has 0 amide bonds. The summed E-state index contributed by atoms with van der Waals surface area (Å²) in [6, 6.07) is 43.7. The molecule has 0 saturated heterocycles. The Balaban J connectivity index is 1.33. The second-order valence-electron chi connectivity index (χ2n) is 11.4. The van der Waals surface area contributed by atoms with Gasteiger partial charge >= 0.3 is 0 Å². The second-order valence-corrected chi connectivity index (χ2v) is 11.4. The molecule has 220 valence electrons. The molecular weight excluding hydrogens is 584 g/mol. The summed E-state index contributed by atoms with van der Waals surface area (Å²) in [5, 5.41) is 3.75. The molecule has 47 heavy (non-hydrogen) atoms. The van der Waals surface area contributed by atoms with Crippen molar-refractivity contribution < 1.29 is 13.3 Å². The van der Waals surface area contributed by atoms with Crippen molar-refractivity contribution in [3.63, 3.8) is 0 Å². The third-order valence-electron chi connectivity index (χ3n) is 8.58. The van der Waals surface area contributed by atoms with Crippen LogP contribution in [-0.2, 0) is 0 Å². The van der Waals surface area contributed by atoms with Gasteiger partial charge in [0.1, 0.15) is 27.8 Å². The van der Waals surface area contributed by atoms with E-state index in [0.29, 0.717) is 40.0 Å². The lowest BCUT2D eigenvalue weighted by Crippen LogP contribution is -2.01. The Labute approximate surface area is 266 Å². The maximum atomic E-state index is 6.39. The highest BCUT2D eigenvalue weighted by Gasteiger charge is 2.25. The van der Waals surface area contributed by atoms with Gasteiger partial charge in [0.2, 0.25) is 5.89 Å². The molecular formula is C40H22N4O3. The molecule has 4 aromatic heterocycles. The average molecular weight is 607 g/mol. The number of furan rings is 2. The molecule has 0 bridgehead atoms. The lowest BCUT2D eigenvalue weighted by atomic mass is 10.0. The molecule has 0 unspecified atom stereocenters. The summed E-state index contributed by atoms with van der Waals surface area (Å²) in [5.41, 5.74) is 7.52. The molecule has 0 radical (unpaired) electrons. The van der Waals surface area contributed by atoms with E-state index in [0.717, 1.165) is 60.5 Å². The van der Waals surface area contributed by atoms with Gasteiger partial charge in [0, 0.05) is 44.3 Å². The van der Waals surface area contributed by atoms with Gasteiger partial charge in [-0.15, -0.1) is 0 Å². The topological polar surface area (TPSA) is 91.0 Å². The first-order valence-corrected chi connectivity index (χ1v) is 15.3. The van der Waals surface area contributed by atoms with Gasteiger partial charge in [-0.2, -0.15) is 0 Å². The van der Waals surface area contributed by atoms with E-state index in [1.54, 1.807) is 0 Å². The number of aromatic nitrogens is 4. The Morgan fingerprint density at radius 1 is 0.383 bits per heavy atom. The number of hydrogen-bond acceptors (Lipinski definition) is 7. The Morgan fingerprint density at radius 2 is 0.979 bits per heavy atom. The van der Waals surface area contributed by atoms with Crippen LogP contribution in [0, 0.1) is 0 Å². The zero-order valence-electron chi connectivity index (χ0n) is 24.7. The summed E-state index contributed by atoms with van der Waals surface area (Å²) in [4.78, 5) is 20.5.